The van der Waals surface area contributed by atoms with Gasteiger partial charge in [0.1, 0.15) is 0 Å². The first kappa shape index (κ1) is 20.2. The molecule has 0 N–H and O–H groups in total. The second-order valence-electron chi connectivity index (χ2n) is 7.52. The van der Waals surface area contributed by atoms with Crippen LogP contribution in [0.5, 0.6) is 11.5 Å². The van der Waals surface area contributed by atoms with Crippen LogP contribution in [0.1, 0.15) is 43.2 Å². The molecule has 0 unspecified atom stereocenters. The summed E-state index contributed by atoms with van der Waals surface area (Å²) in [6, 6.07) is 16.3. The van der Waals surface area contributed by atoms with Crippen LogP contribution in [0.4, 0.5) is 0 Å². The predicted molar refractivity (Wildman–Crippen MR) is 112 cm³/mol. The van der Waals surface area contributed by atoms with Gasteiger partial charge in [-0.3, -0.25) is 4.79 Å². The predicted octanol–water partition coefficient (Wildman–Crippen LogP) is 4.86. The SMILES string of the molecule is COc1ccc(CCN(Cc2ccccc2)C(=O)C2CCCCC2)cc1OC. The molecule has 1 fully saturated rings. The first-order valence-electron chi connectivity index (χ1n) is 10.2. The van der Waals surface area contributed by atoms with Crippen LogP contribution in [-0.2, 0) is 17.8 Å². The van der Waals surface area contributed by atoms with Crippen molar-refractivity contribution < 1.29 is 14.3 Å². The molecule has 2 aromatic rings. The number of benzene rings is 2. The molecule has 1 aliphatic rings. The number of carbonyl (C=O) groups is 1. The summed E-state index contributed by atoms with van der Waals surface area (Å²) in [5, 5.41) is 0. The van der Waals surface area contributed by atoms with Crippen LogP contribution >= 0.6 is 0 Å². The molecular weight excluding hydrogens is 350 g/mol. The van der Waals surface area contributed by atoms with Gasteiger partial charge >= 0.3 is 0 Å². The van der Waals surface area contributed by atoms with Gasteiger partial charge in [0.15, 0.2) is 11.5 Å². The van der Waals surface area contributed by atoms with Gasteiger partial charge in [0.05, 0.1) is 14.2 Å². The van der Waals surface area contributed by atoms with Gasteiger partial charge in [-0.1, -0.05) is 55.7 Å². The van der Waals surface area contributed by atoms with Crippen LogP contribution in [0.25, 0.3) is 0 Å². The average Bonchev–Trinajstić information content (AvgIpc) is 2.77. The Morgan fingerprint density at radius 1 is 0.929 bits per heavy atom. The van der Waals surface area contributed by atoms with Crippen LogP contribution in [0, 0.1) is 5.92 Å². The Morgan fingerprint density at radius 2 is 1.64 bits per heavy atom. The molecule has 0 heterocycles. The Bertz CT molecular complexity index is 754. The third-order valence-corrected chi connectivity index (χ3v) is 5.60. The summed E-state index contributed by atoms with van der Waals surface area (Å²) in [6.07, 6.45) is 6.46. The highest BCUT2D eigenvalue weighted by atomic mass is 16.5. The van der Waals surface area contributed by atoms with Crippen molar-refractivity contribution in [3.8, 4) is 11.5 Å². The van der Waals surface area contributed by atoms with Gasteiger partial charge < -0.3 is 14.4 Å². The van der Waals surface area contributed by atoms with Gasteiger partial charge in [0.25, 0.3) is 0 Å². The highest BCUT2D eigenvalue weighted by Gasteiger charge is 2.26. The Balaban J connectivity index is 1.72. The molecule has 1 saturated carbocycles. The lowest BCUT2D eigenvalue weighted by molar-refractivity contribution is -0.137. The van der Waals surface area contributed by atoms with Crippen molar-refractivity contribution in [3.05, 3.63) is 59.7 Å². The fourth-order valence-corrected chi connectivity index (χ4v) is 3.98. The highest BCUT2D eigenvalue weighted by molar-refractivity contribution is 5.79. The maximum atomic E-state index is 13.2. The second kappa shape index (κ2) is 10.2. The van der Waals surface area contributed by atoms with Gasteiger partial charge in [0.2, 0.25) is 5.91 Å². The van der Waals surface area contributed by atoms with Gasteiger partial charge in [-0.25, -0.2) is 0 Å². The summed E-state index contributed by atoms with van der Waals surface area (Å²) in [5.41, 5.74) is 2.33. The summed E-state index contributed by atoms with van der Waals surface area (Å²) in [7, 11) is 3.29. The smallest absolute Gasteiger partial charge is 0.225 e. The number of hydrogen-bond acceptors (Lipinski definition) is 3. The van der Waals surface area contributed by atoms with Crippen LogP contribution in [0.15, 0.2) is 48.5 Å². The van der Waals surface area contributed by atoms with Gasteiger partial charge in [-0.05, 0) is 42.5 Å². The number of carbonyl (C=O) groups excluding carboxylic acids is 1. The number of nitrogens with zero attached hydrogens (tertiary/aromatic N) is 1. The summed E-state index contributed by atoms with van der Waals surface area (Å²) in [4.78, 5) is 15.3. The van der Waals surface area contributed by atoms with Crippen molar-refractivity contribution in [1.29, 1.82) is 0 Å². The third-order valence-electron chi connectivity index (χ3n) is 5.60. The zero-order valence-corrected chi connectivity index (χ0v) is 17.0. The quantitative estimate of drug-likeness (QED) is 0.656. The van der Waals surface area contributed by atoms with E-state index < -0.39 is 0 Å². The summed E-state index contributed by atoms with van der Waals surface area (Å²) < 4.78 is 10.7. The second-order valence-corrected chi connectivity index (χ2v) is 7.52. The first-order chi connectivity index (χ1) is 13.7. The minimum Gasteiger partial charge on any atom is -0.493 e. The number of rotatable bonds is 8. The molecule has 0 saturated heterocycles. The molecule has 1 aliphatic carbocycles. The zero-order chi connectivity index (χ0) is 19.8. The van der Waals surface area contributed by atoms with Crippen molar-refractivity contribution in [2.24, 2.45) is 5.92 Å². The van der Waals surface area contributed by atoms with E-state index in [1.807, 2.05) is 41.3 Å². The van der Waals surface area contributed by atoms with Crippen molar-refractivity contribution in [2.75, 3.05) is 20.8 Å². The Kier molecular flexibility index (Phi) is 7.35. The lowest BCUT2D eigenvalue weighted by atomic mass is 9.88. The van der Waals surface area contributed by atoms with E-state index in [0.717, 1.165) is 36.3 Å². The van der Waals surface area contributed by atoms with E-state index in [2.05, 4.69) is 12.1 Å². The number of hydrogen-bond donors (Lipinski definition) is 0. The zero-order valence-electron chi connectivity index (χ0n) is 17.0. The maximum absolute atomic E-state index is 13.2. The van der Waals surface area contributed by atoms with Crippen molar-refractivity contribution in [3.63, 3.8) is 0 Å². The first-order valence-corrected chi connectivity index (χ1v) is 10.2. The van der Waals surface area contributed by atoms with Crippen LogP contribution in [0.3, 0.4) is 0 Å². The van der Waals surface area contributed by atoms with Crippen LogP contribution < -0.4 is 9.47 Å². The summed E-state index contributed by atoms with van der Waals surface area (Å²) >= 11 is 0. The molecule has 3 rings (SSSR count). The maximum Gasteiger partial charge on any atom is 0.225 e. The molecule has 150 valence electrons. The minimum absolute atomic E-state index is 0.183. The van der Waals surface area contributed by atoms with Crippen LogP contribution in [-0.4, -0.2) is 31.6 Å². The minimum atomic E-state index is 0.183. The Hall–Kier alpha value is -2.49. The van der Waals surface area contributed by atoms with Gasteiger partial charge in [-0.2, -0.15) is 0 Å². The normalized spacial score (nSPS) is 14.5. The highest BCUT2D eigenvalue weighted by Crippen LogP contribution is 2.29. The Labute approximate surface area is 168 Å². The largest absolute Gasteiger partial charge is 0.493 e. The fraction of sp³-hybridized carbons (Fsp3) is 0.458. The summed E-state index contributed by atoms with van der Waals surface area (Å²) in [6.45, 7) is 1.38. The molecule has 1 amide bonds. The number of methoxy groups -OCH3 is 2. The molecule has 0 spiro atoms. The number of amides is 1. The Morgan fingerprint density at radius 3 is 2.32 bits per heavy atom. The lowest BCUT2D eigenvalue weighted by Gasteiger charge is -2.29. The van der Waals surface area contributed by atoms with E-state index in [0.29, 0.717) is 19.0 Å². The summed E-state index contributed by atoms with van der Waals surface area (Å²) in [5.74, 6) is 1.95. The molecule has 2 aromatic carbocycles. The van der Waals surface area contributed by atoms with Crippen molar-refractivity contribution >= 4 is 5.91 Å². The number of ether oxygens (including phenoxy) is 2. The van der Waals surface area contributed by atoms with Gasteiger partial charge in [0, 0.05) is 19.0 Å². The molecule has 0 radical (unpaired) electrons. The van der Waals surface area contributed by atoms with Crippen molar-refractivity contribution in [2.45, 2.75) is 45.1 Å². The van der Waals surface area contributed by atoms with Crippen molar-refractivity contribution in [1.82, 2.24) is 4.90 Å². The van der Waals surface area contributed by atoms with Gasteiger partial charge in [-0.15, -0.1) is 0 Å². The molecule has 0 atom stereocenters. The van der Waals surface area contributed by atoms with E-state index in [1.165, 1.54) is 24.8 Å². The van der Waals surface area contributed by atoms with Crippen LogP contribution in [0.2, 0.25) is 0 Å². The van der Waals surface area contributed by atoms with E-state index in [9.17, 15) is 4.79 Å². The van der Waals surface area contributed by atoms with E-state index in [4.69, 9.17) is 9.47 Å². The average molecular weight is 382 g/mol. The topological polar surface area (TPSA) is 38.8 Å². The molecule has 0 aromatic heterocycles. The monoisotopic (exact) mass is 381 g/mol. The molecule has 0 aliphatic heterocycles. The van der Waals surface area contributed by atoms with E-state index >= 15 is 0 Å². The van der Waals surface area contributed by atoms with E-state index in [-0.39, 0.29) is 5.92 Å². The molecular formula is C24H31NO3. The third kappa shape index (κ3) is 5.28. The van der Waals surface area contributed by atoms with E-state index in [1.54, 1.807) is 14.2 Å². The lowest BCUT2D eigenvalue weighted by Crippen LogP contribution is -2.38. The standard InChI is InChI=1S/C24H31NO3/c1-27-22-14-13-19(17-23(22)28-2)15-16-25(18-20-9-5-3-6-10-20)24(26)21-11-7-4-8-12-21/h3,5-6,9-10,13-14,17,21H,4,7-8,11-12,15-16,18H2,1-2H3. The molecule has 4 heteroatoms. The molecule has 4 nitrogen and oxygen atoms in total. The fourth-order valence-electron chi connectivity index (χ4n) is 3.98. The molecule has 0 bridgehead atoms. The molecule has 28 heavy (non-hydrogen) atoms.